The van der Waals surface area contributed by atoms with E-state index in [9.17, 15) is 4.79 Å². The van der Waals surface area contributed by atoms with E-state index in [4.69, 9.17) is 26.1 Å². The molecule has 0 spiro atoms. The second kappa shape index (κ2) is 9.52. The Balaban J connectivity index is 1.47. The van der Waals surface area contributed by atoms with Crippen LogP contribution in [0.2, 0.25) is 5.02 Å². The molecule has 3 aromatic heterocycles. The largest absolute Gasteiger partial charge is 0.497 e. The number of ether oxygens (including phenoxy) is 2. The molecule has 0 saturated heterocycles. The predicted molar refractivity (Wildman–Crippen MR) is 134 cm³/mol. The van der Waals surface area contributed by atoms with Gasteiger partial charge in [0.25, 0.3) is 5.91 Å². The minimum Gasteiger partial charge on any atom is -0.497 e. The maximum Gasteiger partial charge on any atom is 0.256 e. The van der Waals surface area contributed by atoms with Crippen molar-refractivity contribution in [2.75, 3.05) is 19.5 Å². The number of carbonyl (C=O) groups excluding carboxylic acids is 1. The van der Waals surface area contributed by atoms with E-state index in [0.717, 1.165) is 28.3 Å². The highest BCUT2D eigenvalue weighted by Gasteiger charge is 2.23. The van der Waals surface area contributed by atoms with Gasteiger partial charge in [-0.3, -0.25) is 9.89 Å². The van der Waals surface area contributed by atoms with Crippen molar-refractivity contribution in [3.05, 3.63) is 107 Å². The number of carbonyl (C=O) groups is 1. The average Bonchev–Trinajstić information content (AvgIpc) is 3.51. The Morgan fingerprint density at radius 1 is 1.06 bits per heavy atom. The monoisotopic (exact) mass is 487 g/mol. The Morgan fingerprint density at radius 3 is 2.60 bits per heavy atom. The summed E-state index contributed by atoms with van der Waals surface area (Å²) in [4.78, 5) is 17.6. The SMILES string of the molecule is COc1ccc(C(c2cn3ccccc3n2)c2cc(NC(=O)c3ccc(OC)c(Cl)c3)n[nH]2)cc1. The summed E-state index contributed by atoms with van der Waals surface area (Å²) >= 11 is 6.17. The number of methoxy groups -OCH3 is 2. The standard InChI is InChI=1S/C26H22ClN5O3/c1-34-18-9-6-16(7-10-18)25(21-15-32-12-4-3-5-24(32)28-21)20-14-23(31-30-20)29-26(33)17-8-11-22(35-2)19(27)13-17/h3-15,25H,1-2H3,(H2,29,30,31,33). The van der Waals surface area contributed by atoms with Gasteiger partial charge in [-0.15, -0.1) is 0 Å². The number of aromatic amines is 1. The van der Waals surface area contributed by atoms with E-state index >= 15 is 0 Å². The summed E-state index contributed by atoms with van der Waals surface area (Å²) in [6.07, 6.45) is 3.94. The van der Waals surface area contributed by atoms with Crippen molar-refractivity contribution in [2.45, 2.75) is 5.92 Å². The molecule has 5 rings (SSSR count). The molecule has 0 fully saturated rings. The van der Waals surface area contributed by atoms with Crippen molar-refractivity contribution in [3.63, 3.8) is 0 Å². The lowest BCUT2D eigenvalue weighted by molar-refractivity contribution is 0.102. The molecule has 9 heteroatoms. The zero-order valence-electron chi connectivity index (χ0n) is 19.0. The highest BCUT2D eigenvalue weighted by atomic mass is 35.5. The highest BCUT2D eigenvalue weighted by Crippen LogP contribution is 2.33. The normalized spacial score (nSPS) is 11.9. The summed E-state index contributed by atoms with van der Waals surface area (Å²) < 4.78 is 12.4. The lowest BCUT2D eigenvalue weighted by atomic mass is 9.93. The topological polar surface area (TPSA) is 93.5 Å². The number of imidazole rings is 1. The molecular weight excluding hydrogens is 466 g/mol. The van der Waals surface area contributed by atoms with Crippen LogP contribution in [0.15, 0.2) is 79.1 Å². The number of nitrogens with zero attached hydrogens (tertiary/aromatic N) is 3. The van der Waals surface area contributed by atoms with Crippen LogP contribution in [0.25, 0.3) is 5.65 Å². The summed E-state index contributed by atoms with van der Waals surface area (Å²) in [5.41, 5.74) is 3.85. The average molecular weight is 488 g/mol. The molecular formula is C26H22ClN5O3. The molecule has 35 heavy (non-hydrogen) atoms. The van der Waals surface area contributed by atoms with Gasteiger partial charge >= 0.3 is 0 Å². The maximum atomic E-state index is 12.8. The Bertz CT molecular complexity index is 1460. The molecule has 0 bridgehead atoms. The Hall–Kier alpha value is -4.30. The van der Waals surface area contributed by atoms with Crippen molar-refractivity contribution >= 4 is 29.0 Å². The van der Waals surface area contributed by atoms with Crippen molar-refractivity contribution in [2.24, 2.45) is 0 Å². The molecule has 3 heterocycles. The molecule has 0 aliphatic rings. The van der Waals surface area contributed by atoms with Crippen molar-refractivity contribution < 1.29 is 14.3 Å². The van der Waals surface area contributed by atoms with Gasteiger partial charge in [0.2, 0.25) is 0 Å². The molecule has 5 aromatic rings. The van der Waals surface area contributed by atoms with Crippen LogP contribution in [0.3, 0.4) is 0 Å². The predicted octanol–water partition coefficient (Wildman–Crippen LogP) is 5.16. The van der Waals surface area contributed by atoms with Crippen LogP contribution in [-0.2, 0) is 0 Å². The molecule has 176 valence electrons. The van der Waals surface area contributed by atoms with Gasteiger partial charge in [0, 0.05) is 24.0 Å². The quantitative estimate of drug-likeness (QED) is 0.330. The van der Waals surface area contributed by atoms with Crippen LogP contribution >= 0.6 is 11.6 Å². The molecule has 1 atom stereocenters. The van der Waals surface area contributed by atoms with Crippen LogP contribution in [0.5, 0.6) is 11.5 Å². The number of H-pyrrole nitrogens is 1. The summed E-state index contributed by atoms with van der Waals surface area (Å²) in [5, 5.41) is 10.6. The van der Waals surface area contributed by atoms with Gasteiger partial charge in [-0.1, -0.05) is 29.8 Å². The van der Waals surface area contributed by atoms with Gasteiger partial charge in [-0.05, 0) is 48.0 Å². The highest BCUT2D eigenvalue weighted by molar-refractivity contribution is 6.32. The number of halogens is 1. The van der Waals surface area contributed by atoms with Crippen molar-refractivity contribution in [1.29, 1.82) is 0 Å². The number of amides is 1. The van der Waals surface area contributed by atoms with E-state index in [-0.39, 0.29) is 11.8 Å². The molecule has 2 N–H and O–H groups in total. The lowest BCUT2D eigenvalue weighted by Crippen LogP contribution is -2.12. The van der Waals surface area contributed by atoms with Gasteiger partial charge in [-0.25, -0.2) is 4.98 Å². The third kappa shape index (κ3) is 4.56. The second-order valence-corrected chi connectivity index (χ2v) is 8.26. The molecule has 0 saturated carbocycles. The van der Waals surface area contributed by atoms with E-state index in [0.29, 0.717) is 22.2 Å². The molecule has 1 unspecified atom stereocenters. The van der Waals surface area contributed by atoms with Gasteiger partial charge in [0.15, 0.2) is 5.82 Å². The Labute approximate surface area is 206 Å². The third-order valence-electron chi connectivity index (χ3n) is 5.69. The van der Waals surface area contributed by atoms with Gasteiger partial charge in [-0.2, -0.15) is 5.10 Å². The third-order valence-corrected chi connectivity index (χ3v) is 5.99. The fourth-order valence-electron chi connectivity index (χ4n) is 3.94. The molecule has 0 radical (unpaired) electrons. The van der Waals surface area contributed by atoms with E-state index in [1.54, 1.807) is 25.3 Å². The van der Waals surface area contributed by atoms with Crippen LogP contribution in [0.1, 0.15) is 33.2 Å². The molecule has 0 aliphatic heterocycles. The van der Waals surface area contributed by atoms with Crippen LogP contribution in [0.4, 0.5) is 5.82 Å². The first-order valence-corrected chi connectivity index (χ1v) is 11.2. The minimum atomic E-state index is -0.332. The summed E-state index contributed by atoms with van der Waals surface area (Å²) in [7, 11) is 3.16. The lowest BCUT2D eigenvalue weighted by Gasteiger charge is -2.14. The maximum absolute atomic E-state index is 12.8. The Kier molecular flexibility index (Phi) is 6.12. The van der Waals surface area contributed by atoms with Crippen LogP contribution in [0, 0.1) is 0 Å². The fraction of sp³-hybridized carbons (Fsp3) is 0.115. The number of hydrogen-bond donors (Lipinski definition) is 2. The van der Waals surface area contributed by atoms with Gasteiger partial charge < -0.3 is 19.2 Å². The first kappa shape index (κ1) is 22.5. The summed E-state index contributed by atoms with van der Waals surface area (Å²) in [6.45, 7) is 0. The van der Waals surface area contributed by atoms with E-state index in [2.05, 4.69) is 15.5 Å². The minimum absolute atomic E-state index is 0.241. The number of fused-ring (bicyclic) bond motifs is 1. The van der Waals surface area contributed by atoms with Crippen LogP contribution < -0.4 is 14.8 Å². The van der Waals surface area contributed by atoms with Crippen LogP contribution in [-0.4, -0.2) is 39.7 Å². The summed E-state index contributed by atoms with van der Waals surface area (Å²) in [6, 6.07) is 20.3. The number of rotatable bonds is 7. The first-order valence-electron chi connectivity index (χ1n) is 10.8. The van der Waals surface area contributed by atoms with Gasteiger partial charge in [0.1, 0.15) is 17.1 Å². The van der Waals surface area contributed by atoms with Crippen molar-refractivity contribution in [1.82, 2.24) is 19.6 Å². The second-order valence-electron chi connectivity index (χ2n) is 7.85. The first-order chi connectivity index (χ1) is 17.1. The van der Waals surface area contributed by atoms with Gasteiger partial charge in [0.05, 0.1) is 36.5 Å². The fourth-order valence-corrected chi connectivity index (χ4v) is 4.20. The number of anilines is 1. The smallest absolute Gasteiger partial charge is 0.256 e. The zero-order valence-corrected chi connectivity index (χ0v) is 19.8. The number of hydrogen-bond acceptors (Lipinski definition) is 5. The Morgan fingerprint density at radius 2 is 1.89 bits per heavy atom. The number of nitrogens with one attached hydrogen (secondary N) is 2. The number of pyridine rings is 1. The number of benzene rings is 2. The molecule has 8 nitrogen and oxygen atoms in total. The molecule has 1 amide bonds. The zero-order chi connectivity index (χ0) is 24.4. The number of aromatic nitrogens is 4. The van der Waals surface area contributed by atoms with Crippen molar-refractivity contribution in [3.8, 4) is 11.5 Å². The van der Waals surface area contributed by atoms with E-state index < -0.39 is 0 Å². The van der Waals surface area contributed by atoms with E-state index in [1.165, 1.54) is 7.11 Å². The summed E-state index contributed by atoms with van der Waals surface area (Å²) in [5.74, 6) is 1.08. The molecule has 0 aliphatic carbocycles. The molecule has 2 aromatic carbocycles. The van der Waals surface area contributed by atoms with E-state index in [1.807, 2.05) is 65.3 Å².